The first-order chi connectivity index (χ1) is 8.71. The standard InChI is InChI=1S/C15H19FN2/c1-2-15(8-3-4-9-15)11-18-14-7-5-6-13(16)12(14)10-17/h5-7,18H,2-4,8-9,11H2,1H3. The van der Waals surface area contributed by atoms with Gasteiger partial charge in [-0.3, -0.25) is 0 Å². The monoisotopic (exact) mass is 246 g/mol. The Morgan fingerprint density at radius 2 is 2.11 bits per heavy atom. The van der Waals surface area contributed by atoms with E-state index in [2.05, 4.69) is 12.2 Å². The SMILES string of the molecule is CCC1(CNc2cccc(F)c2C#N)CCCC1. The minimum Gasteiger partial charge on any atom is -0.383 e. The number of hydrogen-bond donors (Lipinski definition) is 1. The largest absolute Gasteiger partial charge is 0.383 e. The number of hydrogen-bond acceptors (Lipinski definition) is 2. The molecule has 0 spiro atoms. The molecule has 0 aliphatic heterocycles. The van der Waals surface area contributed by atoms with Gasteiger partial charge in [0.2, 0.25) is 0 Å². The van der Waals surface area contributed by atoms with E-state index in [1.54, 1.807) is 12.1 Å². The fourth-order valence-corrected chi connectivity index (χ4v) is 2.85. The van der Waals surface area contributed by atoms with Crippen molar-refractivity contribution in [3.8, 4) is 6.07 Å². The number of nitriles is 1. The Hall–Kier alpha value is -1.56. The first-order valence-electron chi connectivity index (χ1n) is 6.63. The molecule has 0 atom stereocenters. The van der Waals surface area contributed by atoms with E-state index in [0.29, 0.717) is 11.1 Å². The van der Waals surface area contributed by atoms with Gasteiger partial charge in [-0.05, 0) is 36.8 Å². The van der Waals surface area contributed by atoms with Crippen LogP contribution in [0.25, 0.3) is 0 Å². The molecule has 2 rings (SSSR count). The quantitative estimate of drug-likeness (QED) is 0.868. The van der Waals surface area contributed by atoms with E-state index < -0.39 is 5.82 Å². The highest BCUT2D eigenvalue weighted by Crippen LogP contribution is 2.41. The zero-order valence-corrected chi connectivity index (χ0v) is 10.8. The van der Waals surface area contributed by atoms with E-state index in [4.69, 9.17) is 5.26 Å². The van der Waals surface area contributed by atoms with Gasteiger partial charge in [-0.1, -0.05) is 25.8 Å². The topological polar surface area (TPSA) is 35.8 Å². The van der Waals surface area contributed by atoms with Crippen molar-refractivity contribution in [2.24, 2.45) is 5.41 Å². The predicted octanol–water partition coefficient (Wildman–Crippen LogP) is 4.08. The zero-order valence-electron chi connectivity index (χ0n) is 10.8. The Morgan fingerprint density at radius 1 is 1.39 bits per heavy atom. The molecule has 1 aliphatic carbocycles. The molecule has 0 aromatic heterocycles. The van der Waals surface area contributed by atoms with Crippen LogP contribution < -0.4 is 5.32 Å². The molecule has 1 aromatic rings. The van der Waals surface area contributed by atoms with Crippen molar-refractivity contribution in [1.82, 2.24) is 0 Å². The molecule has 1 aliphatic rings. The Bertz CT molecular complexity index is 456. The van der Waals surface area contributed by atoms with Crippen LogP contribution in [0, 0.1) is 22.6 Å². The van der Waals surface area contributed by atoms with E-state index in [1.165, 1.54) is 31.7 Å². The molecule has 2 nitrogen and oxygen atoms in total. The van der Waals surface area contributed by atoms with Crippen LogP contribution in [0.1, 0.15) is 44.6 Å². The number of rotatable bonds is 4. The van der Waals surface area contributed by atoms with Gasteiger partial charge in [-0.15, -0.1) is 0 Å². The van der Waals surface area contributed by atoms with Crippen molar-refractivity contribution in [2.45, 2.75) is 39.0 Å². The van der Waals surface area contributed by atoms with E-state index in [-0.39, 0.29) is 5.56 Å². The predicted molar refractivity (Wildman–Crippen MR) is 70.8 cm³/mol. The fraction of sp³-hybridized carbons (Fsp3) is 0.533. The highest BCUT2D eigenvalue weighted by atomic mass is 19.1. The maximum Gasteiger partial charge on any atom is 0.143 e. The Labute approximate surface area is 108 Å². The third kappa shape index (κ3) is 2.48. The second-order valence-electron chi connectivity index (χ2n) is 5.19. The first-order valence-corrected chi connectivity index (χ1v) is 6.63. The third-order valence-electron chi connectivity index (χ3n) is 4.19. The summed E-state index contributed by atoms with van der Waals surface area (Å²) in [6.45, 7) is 3.05. The lowest BCUT2D eigenvalue weighted by Gasteiger charge is -2.28. The van der Waals surface area contributed by atoms with E-state index >= 15 is 0 Å². The summed E-state index contributed by atoms with van der Waals surface area (Å²) in [5, 5.41) is 12.3. The fourth-order valence-electron chi connectivity index (χ4n) is 2.85. The normalized spacial score (nSPS) is 17.4. The molecule has 0 heterocycles. The number of nitrogens with one attached hydrogen (secondary N) is 1. The number of benzene rings is 1. The van der Waals surface area contributed by atoms with Crippen molar-refractivity contribution >= 4 is 5.69 Å². The van der Waals surface area contributed by atoms with Gasteiger partial charge in [0.15, 0.2) is 0 Å². The van der Waals surface area contributed by atoms with Crippen molar-refractivity contribution in [2.75, 3.05) is 11.9 Å². The second-order valence-corrected chi connectivity index (χ2v) is 5.19. The van der Waals surface area contributed by atoms with Crippen molar-refractivity contribution in [1.29, 1.82) is 5.26 Å². The lowest BCUT2D eigenvalue weighted by molar-refractivity contribution is 0.307. The van der Waals surface area contributed by atoms with Crippen molar-refractivity contribution in [3.63, 3.8) is 0 Å². The summed E-state index contributed by atoms with van der Waals surface area (Å²) in [6, 6.07) is 6.68. The van der Waals surface area contributed by atoms with Crippen LogP contribution in [0.4, 0.5) is 10.1 Å². The minimum atomic E-state index is -0.445. The molecule has 0 radical (unpaired) electrons. The smallest absolute Gasteiger partial charge is 0.143 e. The lowest BCUT2D eigenvalue weighted by atomic mass is 9.83. The van der Waals surface area contributed by atoms with Gasteiger partial charge in [0, 0.05) is 6.54 Å². The molecule has 1 aromatic carbocycles. The van der Waals surface area contributed by atoms with E-state index in [9.17, 15) is 4.39 Å². The lowest BCUT2D eigenvalue weighted by Crippen LogP contribution is -2.26. The van der Waals surface area contributed by atoms with Gasteiger partial charge in [0.1, 0.15) is 17.4 Å². The minimum absolute atomic E-state index is 0.127. The first kappa shape index (κ1) is 12.9. The van der Waals surface area contributed by atoms with Gasteiger partial charge >= 0.3 is 0 Å². The molecule has 0 unspecified atom stereocenters. The van der Waals surface area contributed by atoms with Crippen LogP contribution in [0.5, 0.6) is 0 Å². The molecule has 1 saturated carbocycles. The van der Waals surface area contributed by atoms with Crippen LogP contribution in [0.15, 0.2) is 18.2 Å². The zero-order chi connectivity index (χ0) is 13.0. The molecule has 18 heavy (non-hydrogen) atoms. The number of anilines is 1. The Kier molecular flexibility index (Phi) is 3.86. The second kappa shape index (κ2) is 5.39. The molecule has 0 bridgehead atoms. The summed E-state index contributed by atoms with van der Waals surface area (Å²) < 4.78 is 13.5. The van der Waals surface area contributed by atoms with Gasteiger partial charge < -0.3 is 5.32 Å². The van der Waals surface area contributed by atoms with Crippen molar-refractivity contribution in [3.05, 3.63) is 29.6 Å². The van der Waals surface area contributed by atoms with Crippen molar-refractivity contribution < 1.29 is 4.39 Å². The molecule has 3 heteroatoms. The van der Waals surface area contributed by atoms with Gasteiger partial charge in [0.05, 0.1) is 5.69 Å². The van der Waals surface area contributed by atoms with Crippen LogP contribution >= 0.6 is 0 Å². The van der Waals surface area contributed by atoms with Crippen LogP contribution in [0.2, 0.25) is 0 Å². The number of nitrogens with zero attached hydrogens (tertiary/aromatic N) is 1. The molecule has 1 N–H and O–H groups in total. The highest BCUT2D eigenvalue weighted by molar-refractivity contribution is 5.58. The van der Waals surface area contributed by atoms with Gasteiger partial charge in [-0.25, -0.2) is 4.39 Å². The summed E-state index contributed by atoms with van der Waals surface area (Å²) in [4.78, 5) is 0. The molecule has 1 fully saturated rings. The van der Waals surface area contributed by atoms with Crippen LogP contribution in [-0.2, 0) is 0 Å². The van der Waals surface area contributed by atoms with E-state index in [1.807, 2.05) is 6.07 Å². The molecule has 0 saturated heterocycles. The van der Waals surface area contributed by atoms with Crippen LogP contribution in [-0.4, -0.2) is 6.54 Å². The average molecular weight is 246 g/mol. The summed E-state index contributed by atoms with van der Waals surface area (Å²) in [7, 11) is 0. The Morgan fingerprint density at radius 3 is 2.72 bits per heavy atom. The van der Waals surface area contributed by atoms with Crippen LogP contribution in [0.3, 0.4) is 0 Å². The number of halogens is 1. The molecule has 0 amide bonds. The van der Waals surface area contributed by atoms with Gasteiger partial charge in [-0.2, -0.15) is 5.26 Å². The van der Waals surface area contributed by atoms with Gasteiger partial charge in [0.25, 0.3) is 0 Å². The molecular formula is C15H19FN2. The summed E-state index contributed by atoms with van der Waals surface area (Å²) in [6.07, 6.45) is 6.16. The molecular weight excluding hydrogens is 227 g/mol. The third-order valence-corrected chi connectivity index (χ3v) is 4.19. The average Bonchev–Trinajstić information content (AvgIpc) is 2.86. The maximum atomic E-state index is 13.5. The summed E-state index contributed by atoms with van der Waals surface area (Å²) >= 11 is 0. The Balaban J connectivity index is 2.11. The van der Waals surface area contributed by atoms with E-state index in [0.717, 1.165) is 13.0 Å². The highest BCUT2D eigenvalue weighted by Gasteiger charge is 2.31. The maximum absolute atomic E-state index is 13.5. The summed E-state index contributed by atoms with van der Waals surface area (Å²) in [5.41, 5.74) is 1.08. The summed E-state index contributed by atoms with van der Waals surface area (Å²) in [5.74, 6) is -0.445. The molecule has 96 valence electrons.